The van der Waals surface area contributed by atoms with Crippen molar-refractivity contribution >= 4 is 15.8 Å². The van der Waals surface area contributed by atoms with Crippen LogP contribution in [0.1, 0.15) is 36.7 Å². The second kappa shape index (κ2) is 7.32. The summed E-state index contributed by atoms with van der Waals surface area (Å²) < 4.78 is 38.8. The molecule has 0 saturated carbocycles. The molecular formula is C20H23NO5S. The van der Waals surface area contributed by atoms with Gasteiger partial charge >= 0.3 is 0 Å². The minimum Gasteiger partial charge on any atom is -0.488 e. The Labute approximate surface area is 159 Å². The van der Waals surface area contributed by atoms with Gasteiger partial charge in [-0.25, -0.2) is 13.1 Å². The predicted molar refractivity (Wildman–Crippen MR) is 102 cm³/mol. The molecule has 1 N–H and O–H groups in total. The van der Waals surface area contributed by atoms with Crippen molar-refractivity contribution in [3.63, 3.8) is 0 Å². The molecular weight excluding hydrogens is 366 g/mol. The van der Waals surface area contributed by atoms with Crippen LogP contribution in [0.2, 0.25) is 0 Å². The Kier molecular flexibility index (Phi) is 5.26. The molecule has 27 heavy (non-hydrogen) atoms. The van der Waals surface area contributed by atoms with Crippen molar-refractivity contribution in [1.82, 2.24) is 4.72 Å². The van der Waals surface area contributed by atoms with E-state index in [-0.39, 0.29) is 29.4 Å². The number of para-hydroxylation sites is 1. The zero-order valence-corrected chi connectivity index (χ0v) is 16.4. The summed E-state index contributed by atoms with van der Waals surface area (Å²) in [5, 5.41) is 0. The number of rotatable bonds is 7. The maximum absolute atomic E-state index is 12.3. The summed E-state index contributed by atoms with van der Waals surface area (Å²) in [5.41, 5.74) is 1.29. The van der Waals surface area contributed by atoms with Gasteiger partial charge in [-0.3, -0.25) is 4.79 Å². The minimum absolute atomic E-state index is 0.109. The summed E-state index contributed by atoms with van der Waals surface area (Å²) in [6, 6.07) is 11.6. The molecule has 2 aromatic rings. The number of fused-ring (bicyclic) bond motifs is 1. The van der Waals surface area contributed by atoms with Crippen LogP contribution in [0.3, 0.4) is 0 Å². The highest BCUT2D eigenvalue weighted by molar-refractivity contribution is 7.89. The first-order chi connectivity index (χ1) is 12.7. The van der Waals surface area contributed by atoms with Gasteiger partial charge in [0, 0.05) is 24.1 Å². The molecule has 6 nitrogen and oxygen atoms in total. The molecule has 1 aliphatic heterocycles. The lowest BCUT2D eigenvalue weighted by atomic mass is 10.0. The number of ether oxygens (including phenoxy) is 2. The van der Waals surface area contributed by atoms with Crippen LogP contribution in [0.15, 0.2) is 47.4 Å². The molecule has 0 saturated heterocycles. The molecule has 0 unspecified atom stereocenters. The van der Waals surface area contributed by atoms with E-state index in [1.165, 1.54) is 31.2 Å². The Morgan fingerprint density at radius 1 is 1.19 bits per heavy atom. The van der Waals surface area contributed by atoms with Crippen LogP contribution < -0.4 is 14.2 Å². The highest BCUT2D eigenvalue weighted by Gasteiger charge is 2.32. The van der Waals surface area contributed by atoms with E-state index >= 15 is 0 Å². The fourth-order valence-electron chi connectivity index (χ4n) is 2.99. The molecule has 2 aromatic carbocycles. The van der Waals surface area contributed by atoms with Gasteiger partial charge in [-0.15, -0.1) is 0 Å². The zero-order valence-electron chi connectivity index (χ0n) is 15.6. The molecule has 0 bridgehead atoms. The number of benzene rings is 2. The Balaban J connectivity index is 1.58. The molecule has 0 spiro atoms. The Morgan fingerprint density at radius 3 is 2.56 bits per heavy atom. The van der Waals surface area contributed by atoms with Gasteiger partial charge in [-0.2, -0.15) is 0 Å². The first kappa shape index (κ1) is 19.4. The highest BCUT2D eigenvalue weighted by Crippen LogP contribution is 2.41. The monoisotopic (exact) mass is 389 g/mol. The molecule has 1 heterocycles. The van der Waals surface area contributed by atoms with E-state index in [4.69, 9.17) is 9.47 Å². The summed E-state index contributed by atoms with van der Waals surface area (Å²) in [6.45, 7) is 5.75. The number of carbonyl (C=O) groups excluding carboxylic acids is 1. The van der Waals surface area contributed by atoms with Crippen LogP contribution >= 0.6 is 0 Å². The SMILES string of the molecule is CC(=O)c1ccc(S(=O)(=O)NCCOc2cccc3c2OC(C)(C)C3)cc1. The third-order valence-electron chi connectivity index (χ3n) is 4.28. The number of hydrogen-bond donors (Lipinski definition) is 1. The number of sulfonamides is 1. The molecule has 0 aromatic heterocycles. The molecule has 0 atom stereocenters. The van der Waals surface area contributed by atoms with Gasteiger partial charge in [0.25, 0.3) is 0 Å². The van der Waals surface area contributed by atoms with E-state index < -0.39 is 10.0 Å². The smallest absolute Gasteiger partial charge is 0.240 e. The van der Waals surface area contributed by atoms with Crippen molar-refractivity contribution in [1.29, 1.82) is 0 Å². The van der Waals surface area contributed by atoms with Crippen molar-refractivity contribution in [2.75, 3.05) is 13.2 Å². The van der Waals surface area contributed by atoms with Crippen LogP contribution in [0.5, 0.6) is 11.5 Å². The number of ketones is 1. The van der Waals surface area contributed by atoms with Crippen molar-refractivity contribution in [3.05, 3.63) is 53.6 Å². The predicted octanol–water partition coefficient (Wildman–Crippen LogP) is 2.96. The molecule has 7 heteroatoms. The van der Waals surface area contributed by atoms with Crippen LogP contribution in [-0.4, -0.2) is 33.0 Å². The van der Waals surface area contributed by atoms with Crippen LogP contribution in [0.25, 0.3) is 0 Å². The Bertz CT molecular complexity index is 949. The fraction of sp³-hybridized carbons (Fsp3) is 0.350. The van der Waals surface area contributed by atoms with Gasteiger partial charge in [0.15, 0.2) is 17.3 Å². The topological polar surface area (TPSA) is 81.7 Å². The van der Waals surface area contributed by atoms with Gasteiger partial charge in [0.1, 0.15) is 12.2 Å². The van der Waals surface area contributed by atoms with E-state index in [0.717, 1.165) is 17.7 Å². The number of nitrogens with one attached hydrogen (secondary N) is 1. The van der Waals surface area contributed by atoms with Crippen molar-refractivity contribution in [2.45, 2.75) is 37.7 Å². The average Bonchev–Trinajstić information content (AvgIpc) is 2.93. The Hall–Kier alpha value is -2.38. The van der Waals surface area contributed by atoms with Crippen molar-refractivity contribution < 1.29 is 22.7 Å². The van der Waals surface area contributed by atoms with E-state index in [9.17, 15) is 13.2 Å². The first-order valence-electron chi connectivity index (χ1n) is 8.72. The van der Waals surface area contributed by atoms with E-state index in [1.54, 1.807) is 0 Å². The largest absolute Gasteiger partial charge is 0.488 e. The maximum atomic E-state index is 12.3. The summed E-state index contributed by atoms with van der Waals surface area (Å²) in [6.07, 6.45) is 0.808. The number of carbonyl (C=O) groups is 1. The molecule has 3 rings (SSSR count). The van der Waals surface area contributed by atoms with Crippen LogP contribution in [0.4, 0.5) is 0 Å². The highest BCUT2D eigenvalue weighted by atomic mass is 32.2. The van der Waals surface area contributed by atoms with Gasteiger partial charge in [0.2, 0.25) is 10.0 Å². The summed E-state index contributed by atoms with van der Waals surface area (Å²) in [4.78, 5) is 11.4. The maximum Gasteiger partial charge on any atom is 0.240 e. The average molecular weight is 389 g/mol. The summed E-state index contributed by atoms with van der Waals surface area (Å²) in [5.74, 6) is 1.23. The van der Waals surface area contributed by atoms with Crippen molar-refractivity contribution in [3.8, 4) is 11.5 Å². The minimum atomic E-state index is -3.66. The molecule has 144 valence electrons. The molecule has 0 radical (unpaired) electrons. The van der Waals surface area contributed by atoms with Gasteiger partial charge in [0.05, 0.1) is 4.90 Å². The lowest BCUT2D eigenvalue weighted by molar-refractivity contribution is 0.101. The second-order valence-corrected chi connectivity index (χ2v) is 8.88. The normalized spacial score (nSPS) is 15.1. The number of hydrogen-bond acceptors (Lipinski definition) is 5. The number of Topliss-reactive ketones (excluding diaryl/α,β-unsaturated/α-hetero) is 1. The van der Waals surface area contributed by atoms with Gasteiger partial charge in [-0.05, 0) is 39.0 Å². The van der Waals surface area contributed by atoms with E-state index in [1.807, 2.05) is 32.0 Å². The van der Waals surface area contributed by atoms with E-state index in [2.05, 4.69) is 4.72 Å². The molecule has 1 aliphatic rings. The van der Waals surface area contributed by atoms with Crippen molar-refractivity contribution in [2.24, 2.45) is 0 Å². The third-order valence-corrected chi connectivity index (χ3v) is 5.75. The quantitative estimate of drug-likeness (QED) is 0.582. The van der Waals surface area contributed by atoms with Gasteiger partial charge in [-0.1, -0.05) is 24.3 Å². The molecule has 0 aliphatic carbocycles. The lowest BCUT2D eigenvalue weighted by Gasteiger charge is -2.18. The zero-order chi connectivity index (χ0) is 19.7. The van der Waals surface area contributed by atoms with E-state index in [0.29, 0.717) is 11.3 Å². The summed E-state index contributed by atoms with van der Waals surface area (Å²) in [7, 11) is -3.66. The Morgan fingerprint density at radius 2 is 1.89 bits per heavy atom. The van der Waals surface area contributed by atoms with Crippen LogP contribution in [0, 0.1) is 0 Å². The van der Waals surface area contributed by atoms with Gasteiger partial charge < -0.3 is 9.47 Å². The lowest BCUT2D eigenvalue weighted by Crippen LogP contribution is -2.28. The first-order valence-corrected chi connectivity index (χ1v) is 10.2. The molecule has 0 amide bonds. The fourth-order valence-corrected chi connectivity index (χ4v) is 4.00. The third kappa shape index (κ3) is 4.48. The summed E-state index contributed by atoms with van der Waals surface area (Å²) >= 11 is 0. The standard InChI is InChI=1S/C20H23NO5S/c1-14(22)15-7-9-17(10-8-15)27(23,24)21-11-12-25-18-6-4-5-16-13-20(2,3)26-19(16)18/h4-10,21H,11-13H2,1-3H3. The second-order valence-electron chi connectivity index (χ2n) is 7.11. The van der Waals surface area contributed by atoms with Crippen LogP contribution in [-0.2, 0) is 16.4 Å². The molecule has 0 fully saturated rings.